The fourth-order valence-corrected chi connectivity index (χ4v) is 2.88. The molecule has 3 nitrogen and oxygen atoms in total. The van der Waals surface area contributed by atoms with E-state index in [2.05, 4.69) is 10.3 Å². The van der Waals surface area contributed by atoms with E-state index in [4.69, 9.17) is 4.74 Å². The van der Waals surface area contributed by atoms with Gasteiger partial charge >= 0.3 is 12.3 Å². The Balaban J connectivity index is 1.54. The molecule has 0 saturated carbocycles. The monoisotopic (exact) mass is 434 g/mol. The summed E-state index contributed by atoms with van der Waals surface area (Å²) in [7, 11) is 0. The van der Waals surface area contributed by atoms with Crippen molar-refractivity contribution in [3.63, 3.8) is 0 Å². The third-order valence-corrected chi connectivity index (χ3v) is 4.45. The summed E-state index contributed by atoms with van der Waals surface area (Å²) in [6.45, 7) is -0.736. The number of rotatable bonds is 9. The molecule has 0 amide bonds. The van der Waals surface area contributed by atoms with Crippen LogP contribution < -0.4 is 10.1 Å². The van der Waals surface area contributed by atoms with Crippen LogP contribution in [0.5, 0.6) is 5.75 Å². The first-order valence-electron chi connectivity index (χ1n) is 8.91. The molecule has 2 N–H and O–H groups in total. The minimum atomic E-state index is -4.24. The molecule has 10 heteroatoms. The number of aromatic amines is 1. The Morgan fingerprint density at radius 3 is 2.57 bits per heavy atom. The van der Waals surface area contributed by atoms with Crippen LogP contribution in [0.1, 0.15) is 11.1 Å². The van der Waals surface area contributed by atoms with E-state index in [0.717, 1.165) is 6.07 Å². The quantitative estimate of drug-likeness (QED) is 0.276. The van der Waals surface area contributed by atoms with Crippen LogP contribution in [-0.2, 0) is 13.0 Å². The van der Waals surface area contributed by atoms with Gasteiger partial charge in [-0.2, -0.15) is 8.78 Å². The van der Waals surface area contributed by atoms with Crippen LogP contribution in [0, 0.1) is 17.5 Å². The molecule has 0 radical (unpaired) electrons. The maximum atomic E-state index is 13.7. The van der Waals surface area contributed by atoms with Gasteiger partial charge in [-0.05, 0) is 42.3 Å². The minimum Gasteiger partial charge on any atom is -0.487 e. The molecule has 0 aliphatic heterocycles. The fourth-order valence-electron chi connectivity index (χ4n) is 2.88. The molecule has 0 unspecified atom stereocenters. The number of H-pyrrole nitrogens is 1. The van der Waals surface area contributed by atoms with Gasteiger partial charge in [0.15, 0.2) is 24.1 Å². The number of hydrogen-bond donors (Lipinski definition) is 2. The molecule has 1 aromatic heterocycles. The van der Waals surface area contributed by atoms with Crippen LogP contribution >= 0.6 is 0 Å². The van der Waals surface area contributed by atoms with E-state index < -0.39 is 36.4 Å². The molecule has 2 aromatic carbocycles. The summed E-state index contributed by atoms with van der Waals surface area (Å²) in [6, 6.07) is 6.96. The van der Waals surface area contributed by atoms with E-state index in [-0.39, 0.29) is 16.7 Å². The molecule has 30 heavy (non-hydrogen) atoms. The highest BCUT2D eigenvalue weighted by atomic mass is 19.3. The van der Waals surface area contributed by atoms with Gasteiger partial charge in [0, 0.05) is 18.1 Å². The van der Waals surface area contributed by atoms with Crippen LogP contribution in [0.4, 0.5) is 30.7 Å². The van der Waals surface area contributed by atoms with Gasteiger partial charge in [-0.1, -0.05) is 12.1 Å². The lowest BCUT2D eigenvalue weighted by Crippen LogP contribution is -2.33. The van der Waals surface area contributed by atoms with Crippen molar-refractivity contribution in [3.8, 4) is 5.75 Å². The number of hydrogen-bond acceptors (Lipinski definition) is 2. The highest BCUT2D eigenvalue weighted by Gasteiger charge is 2.41. The van der Waals surface area contributed by atoms with Crippen LogP contribution in [-0.4, -0.2) is 30.5 Å². The van der Waals surface area contributed by atoms with E-state index >= 15 is 0 Å². The third-order valence-electron chi connectivity index (χ3n) is 4.45. The molecule has 0 aliphatic rings. The van der Waals surface area contributed by atoms with Gasteiger partial charge in [-0.25, -0.2) is 22.0 Å². The number of alkyl halides is 4. The first-order valence-corrected chi connectivity index (χ1v) is 8.91. The topological polar surface area (TPSA) is 37.0 Å². The number of fused-ring (bicyclic) bond motifs is 1. The zero-order valence-corrected chi connectivity index (χ0v) is 15.4. The van der Waals surface area contributed by atoms with E-state index in [9.17, 15) is 30.7 Å². The first kappa shape index (κ1) is 21.9. The van der Waals surface area contributed by atoms with Gasteiger partial charge in [0.05, 0.1) is 5.52 Å². The lowest BCUT2D eigenvalue weighted by molar-refractivity contribution is -0.148. The number of benzene rings is 2. The zero-order chi connectivity index (χ0) is 21.9. The fraction of sp³-hybridized carbons (Fsp3) is 0.300. The van der Waals surface area contributed by atoms with Crippen molar-refractivity contribution in [3.05, 3.63) is 65.1 Å². The average Bonchev–Trinajstić information content (AvgIpc) is 3.11. The van der Waals surface area contributed by atoms with Crippen molar-refractivity contribution in [2.24, 2.45) is 0 Å². The van der Waals surface area contributed by atoms with Crippen molar-refractivity contribution < 1.29 is 35.5 Å². The Kier molecular flexibility index (Phi) is 6.55. The number of ether oxygens (including phenoxy) is 1. The summed E-state index contributed by atoms with van der Waals surface area (Å²) in [6.07, 6.45) is -1.97. The second kappa shape index (κ2) is 8.95. The second-order valence-corrected chi connectivity index (χ2v) is 6.65. The SMILES string of the molecule is Fc1cc2c(CCNCc3cccc(OCC(F)(F)C(F)F)c3)c[nH]c2c(F)c1F. The zero-order valence-electron chi connectivity index (χ0n) is 15.4. The highest BCUT2D eigenvalue weighted by Crippen LogP contribution is 2.26. The standard InChI is InChI=1S/C20H17F7N2O/c21-15-7-14-12(9-29-18(14)17(23)16(15)22)4-5-28-8-11-2-1-3-13(6-11)30-10-20(26,27)19(24)25/h1-3,6-7,9,19,28-29H,4-5,8,10H2. The molecular formula is C20H17F7N2O. The normalized spacial score (nSPS) is 12.1. The Labute approximate surface area is 166 Å². The summed E-state index contributed by atoms with van der Waals surface area (Å²) in [5.74, 6) is -8.31. The average molecular weight is 434 g/mol. The Bertz CT molecular complexity index is 1020. The van der Waals surface area contributed by atoms with Crippen LogP contribution in [0.3, 0.4) is 0 Å². The van der Waals surface area contributed by atoms with Gasteiger partial charge in [0.25, 0.3) is 0 Å². The van der Waals surface area contributed by atoms with Gasteiger partial charge in [-0.15, -0.1) is 0 Å². The third kappa shape index (κ3) is 4.86. The first-order chi connectivity index (χ1) is 14.2. The molecule has 1 heterocycles. The Morgan fingerprint density at radius 1 is 1.07 bits per heavy atom. The molecule has 0 spiro atoms. The summed E-state index contributed by atoms with van der Waals surface area (Å²) in [5.41, 5.74) is 1.13. The Hall–Kier alpha value is -2.75. The maximum absolute atomic E-state index is 13.7. The van der Waals surface area contributed by atoms with Gasteiger partial charge in [-0.3, -0.25) is 0 Å². The van der Waals surface area contributed by atoms with E-state index in [0.29, 0.717) is 30.6 Å². The van der Waals surface area contributed by atoms with Crippen LogP contribution in [0.25, 0.3) is 10.9 Å². The Morgan fingerprint density at radius 2 is 1.83 bits per heavy atom. The lowest BCUT2D eigenvalue weighted by atomic mass is 10.1. The summed E-state index contributed by atoms with van der Waals surface area (Å²) >= 11 is 0. The van der Waals surface area contributed by atoms with E-state index in [1.807, 2.05) is 0 Å². The van der Waals surface area contributed by atoms with Crippen LogP contribution in [0.2, 0.25) is 0 Å². The number of aromatic nitrogens is 1. The second-order valence-electron chi connectivity index (χ2n) is 6.65. The van der Waals surface area contributed by atoms with Crippen molar-refractivity contribution in [2.75, 3.05) is 13.2 Å². The summed E-state index contributed by atoms with van der Waals surface area (Å²) in [5, 5.41) is 3.30. The molecule has 0 bridgehead atoms. The van der Waals surface area contributed by atoms with Crippen molar-refractivity contribution >= 4 is 10.9 Å². The van der Waals surface area contributed by atoms with Gasteiger partial charge in [0.1, 0.15) is 5.75 Å². The summed E-state index contributed by atoms with van der Waals surface area (Å²) < 4.78 is 95.5. The number of halogens is 7. The molecule has 162 valence electrons. The van der Waals surface area contributed by atoms with Gasteiger partial charge in [0.2, 0.25) is 0 Å². The molecule has 0 atom stereocenters. The molecule has 0 saturated heterocycles. The molecular weight excluding hydrogens is 417 g/mol. The largest absolute Gasteiger partial charge is 0.487 e. The van der Waals surface area contributed by atoms with E-state index in [1.54, 1.807) is 6.07 Å². The predicted octanol–water partition coefficient (Wildman–Crippen LogP) is 5.20. The molecule has 3 rings (SSSR count). The van der Waals surface area contributed by atoms with Crippen LogP contribution in [0.15, 0.2) is 36.5 Å². The van der Waals surface area contributed by atoms with Gasteiger partial charge < -0.3 is 15.0 Å². The maximum Gasteiger partial charge on any atom is 0.340 e. The van der Waals surface area contributed by atoms with Crippen molar-refractivity contribution in [1.29, 1.82) is 0 Å². The van der Waals surface area contributed by atoms with Crippen molar-refractivity contribution in [2.45, 2.75) is 25.3 Å². The number of nitrogens with one attached hydrogen (secondary N) is 2. The minimum absolute atomic E-state index is 0.0271. The molecule has 0 fully saturated rings. The smallest absolute Gasteiger partial charge is 0.340 e. The highest BCUT2D eigenvalue weighted by molar-refractivity contribution is 5.84. The van der Waals surface area contributed by atoms with Crippen molar-refractivity contribution in [1.82, 2.24) is 10.3 Å². The molecule has 0 aliphatic carbocycles. The predicted molar refractivity (Wildman–Crippen MR) is 96.5 cm³/mol. The lowest BCUT2D eigenvalue weighted by Gasteiger charge is -2.16. The van der Waals surface area contributed by atoms with E-state index in [1.165, 1.54) is 24.4 Å². The summed E-state index contributed by atoms with van der Waals surface area (Å²) in [4.78, 5) is 2.58. The molecule has 3 aromatic rings.